The molecule has 2 heterocycles. The van der Waals surface area contributed by atoms with Crippen LogP contribution in [0.5, 0.6) is 5.75 Å². The number of amides is 1. The number of anilines is 1. The molecule has 2 aromatic heterocycles. The molecule has 0 aliphatic carbocycles. The van der Waals surface area contributed by atoms with E-state index in [9.17, 15) is 4.79 Å². The van der Waals surface area contributed by atoms with Gasteiger partial charge in [-0.3, -0.25) is 4.79 Å². The highest BCUT2D eigenvalue weighted by Crippen LogP contribution is 2.15. The van der Waals surface area contributed by atoms with Gasteiger partial charge in [-0.2, -0.15) is 5.10 Å². The zero-order valence-electron chi connectivity index (χ0n) is 13.8. The predicted molar refractivity (Wildman–Crippen MR) is 91.8 cm³/mol. The van der Waals surface area contributed by atoms with Gasteiger partial charge in [0.2, 0.25) is 0 Å². The van der Waals surface area contributed by atoms with Crippen LogP contribution in [-0.4, -0.2) is 27.8 Å². The molecule has 6 heteroatoms. The van der Waals surface area contributed by atoms with Crippen LogP contribution in [0.4, 0.5) is 5.69 Å². The summed E-state index contributed by atoms with van der Waals surface area (Å²) in [5, 5.41) is 7.21. The standard InChI is InChI=1S/C18H18N4O2/c1-12-10-13(2)22(21-12)17-9-6-15(11-19-17)20-18(23)14-4-7-16(24-3)8-5-14/h4-11H,1-3H3,(H,20,23). The molecule has 0 saturated carbocycles. The molecular formula is C18H18N4O2. The Morgan fingerprint density at radius 3 is 2.42 bits per heavy atom. The molecule has 0 aliphatic heterocycles. The smallest absolute Gasteiger partial charge is 0.255 e. The first-order valence-electron chi connectivity index (χ1n) is 7.52. The van der Waals surface area contributed by atoms with Crippen LogP contribution in [0, 0.1) is 13.8 Å². The number of aryl methyl sites for hydroxylation is 2. The van der Waals surface area contributed by atoms with Crippen LogP contribution in [0.2, 0.25) is 0 Å². The van der Waals surface area contributed by atoms with Gasteiger partial charge in [-0.25, -0.2) is 9.67 Å². The maximum Gasteiger partial charge on any atom is 0.255 e. The molecule has 0 atom stereocenters. The molecule has 24 heavy (non-hydrogen) atoms. The minimum Gasteiger partial charge on any atom is -0.497 e. The lowest BCUT2D eigenvalue weighted by molar-refractivity contribution is 0.102. The maximum absolute atomic E-state index is 12.2. The normalized spacial score (nSPS) is 10.5. The van der Waals surface area contributed by atoms with Gasteiger partial charge in [0.05, 0.1) is 24.7 Å². The summed E-state index contributed by atoms with van der Waals surface area (Å²) in [5.74, 6) is 1.23. The zero-order chi connectivity index (χ0) is 17.1. The summed E-state index contributed by atoms with van der Waals surface area (Å²) < 4.78 is 6.85. The molecule has 1 N–H and O–H groups in total. The monoisotopic (exact) mass is 322 g/mol. The fourth-order valence-electron chi connectivity index (χ4n) is 2.39. The Balaban J connectivity index is 1.73. The summed E-state index contributed by atoms with van der Waals surface area (Å²) in [7, 11) is 1.59. The second-order valence-corrected chi connectivity index (χ2v) is 5.43. The molecule has 3 aromatic rings. The lowest BCUT2D eigenvalue weighted by atomic mass is 10.2. The van der Waals surface area contributed by atoms with Crippen molar-refractivity contribution in [1.29, 1.82) is 0 Å². The van der Waals surface area contributed by atoms with E-state index in [4.69, 9.17) is 4.74 Å². The van der Waals surface area contributed by atoms with Gasteiger partial charge < -0.3 is 10.1 Å². The van der Waals surface area contributed by atoms with Gasteiger partial charge in [-0.15, -0.1) is 0 Å². The summed E-state index contributed by atoms with van der Waals surface area (Å²) in [5.41, 5.74) is 3.13. The molecule has 1 aromatic carbocycles. The Labute approximate surface area is 140 Å². The largest absolute Gasteiger partial charge is 0.497 e. The first kappa shape index (κ1) is 15.7. The minimum absolute atomic E-state index is 0.196. The van der Waals surface area contributed by atoms with E-state index in [0.717, 1.165) is 11.4 Å². The maximum atomic E-state index is 12.2. The number of nitrogens with one attached hydrogen (secondary N) is 1. The Morgan fingerprint density at radius 2 is 1.88 bits per heavy atom. The molecular weight excluding hydrogens is 304 g/mol. The number of methoxy groups -OCH3 is 1. The van der Waals surface area contributed by atoms with Crippen molar-refractivity contribution < 1.29 is 9.53 Å². The van der Waals surface area contributed by atoms with E-state index in [1.165, 1.54) is 0 Å². The SMILES string of the molecule is COc1ccc(C(=O)Nc2ccc(-n3nc(C)cc3C)nc2)cc1. The number of pyridine rings is 1. The Morgan fingerprint density at radius 1 is 1.12 bits per heavy atom. The van der Waals surface area contributed by atoms with E-state index in [1.54, 1.807) is 48.3 Å². The van der Waals surface area contributed by atoms with Crippen molar-refractivity contribution in [1.82, 2.24) is 14.8 Å². The molecule has 0 saturated heterocycles. The van der Waals surface area contributed by atoms with E-state index in [-0.39, 0.29) is 5.91 Å². The number of carbonyl (C=O) groups excluding carboxylic acids is 1. The van der Waals surface area contributed by atoms with Crippen LogP contribution in [0.1, 0.15) is 21.7 Å². The number of hydrogen-bond donors (Lipinski definition) is 1. The zero-order valence-corrected chi connectivity index (χ0v) is 13.8. The highest BCUT2D eigenvalue weighted by Gasteiger charge is 2.08. The van der Waals surface area contributed by atoms with E-state index < -0.39 is 0 Å². The summed E-state index contributed by atoms with van der Waals surface area (Å²) in [6.45, 7) is 3.91. The number of nitrogens with zero attached hydrogens (tertiary/aromatic N) is 3. The highest BCUT2D eigenvalue weighted by molar-refractivity contribution is 6.04. The van der Waals surface area contributed by atoms with Gasteiger partial charge in [-0.1, -0.05) is 0 Å². The third kappa shape index (κ3) is 3.27. The van der Waals surface area contributed by atoms with Crippen LogP contribution in [0.3, 0.4) is 0 Å². The highest BCUT2D eigenvalue weighted by atomic mass is 16.5. The van der Waals surface area contributed by atoms with E-state index >= 15 is 0 Å². The number of carbonyl (C=O) groups is 1. The van der Waals surface area contributed by atoms with Crippen LogP contribution < -0.4 is 10.1 Å². The van der Waals surface area contributed by atoms with E-state index in [0.29, 0.717) is 22.8 Å². The second kappa shape index (κ2) is 6.54. The summed E-state index contributed by atoms with van der Waals surface area (Å²) in [4.78, 5) is 16.6. The van der Waals surface area contributed by atoms with Crippen molar-refractivity contribution in [2.75, 3.05) is 12.4 Å². The van der Waals surface area contributed by atoms with Crippen molar-refractivity contribution in [2.45, 2.75) is 13.8 Å². The van der Waals surface area contributed by atoms with Crippen LogP contribution in [0.25, 0.3) is 5.82 Å². The first-order chi connectivity index (χ1) is 11.6. The number of aromatic nitrogens is 3. The van der Waals surface area contributed by atoms with Gasteiger partial charge in [0, 0.05) is 11.3 Å². The molecule has 122 valence electrons. The summed E-state index contributed by atoms with van der Waals surface area (Å²) >= 11 is 0. The number of ether oxygens (including phenoxy) is 1. The third-order valence-electron chi connectivity index (χ3n) is 3.58. The van der Waals surface area contributed by atoms with E-state index in [1.807, 2.05) is 26.0 Å². The molecule has 0 bridgehead atoms. The van der Waals surface area contributed by atoms with Crippen molar-refractivity contribution in [3.05, 3.63) is 65.6 Å². The first-order valence-corrected chi connectivity index (χ1v) is 7.52. The van der Waals surface area contributed by atoms with Gasteiger partial charge in [0.15, 0.2) is 5.82 Å². The number of hydrogen-bond acceptors (Lipinski definition) is 4. The molecule has 0 fully saturated rings. The van der Waals surface area contributed by atoms with Crippen LogP contribution in [-0.2, 0) is 0 Å². The predicted octanol–water partition coefficient (Wildman–Crippen LogP) is 3.15. The summed E-state index contributed by atoms with van der Waals surface area (Å²) in [6, 6.07) is 12.5. The van der Waals surface area contributed by atoms with Crippen molar-refractivity contribution >= 4 is 11.6 Å². The lowest BCUT2D eigenvalue weighted by Gasteiger charge is -2.07. The Bertz CT molecular complexity index is 852. The lowest BCUT2D eigenvalue weighted by Crippen LogP contribution is -2.12. The topological polar surface area (TPSA) is 69.0 Å². The number of rotatable bonds is 4. The third-order valence-corrected chi connectivity index (χ3v) is 3.58. The number of benzene rings is 1. The molecule has 0 aliphatic rings. The molecule has 6 nitrogen and oxygen atoms in total. The fourth-order valence-corrected chi connectivity index (χ4v) is 2.39. The average molecular weight is 322 g/mol. The molecule has 3 rings (SSSR count). The minimum atomic E-state index is -0.196. The quantitative estimate of drug-likeness (QED) is 0.801. The van der Waals surface area contributed by atoms with Gasteiger partial charge in [0.25, 0.3) is 5.91 Å². The fraction of sp³-hybridized carbons (Fsp3) is 0.167. The van der Waals surface area contributed by atoms with Crippen LogP contribution >= 0.6 is 0 Å². The molecule has 0 unspecified atom stereocenters. The van der Waals surface area contributed by atoms with Gasteiger partial charge in [0.1, 0.15) is 5.75 Å². The van der Waals surface area contributed by atoms with Crippen molar-refractivity contribution in [2.24, 2.45) is 0 Å². The van der Waals surface area contributed by atoms with Gasteiger partial charge >= 0.3 is 0 Å². The second-order valence-electron chi connectivity index (χ2n) is 5.43. The molecule has 0 spiro atoms. The van der Waals surface area contributed by atoms with E-state index in [2.05, 4.69) is 15.4 Å². The average Bonchev–Trinajstić information content (AvgIpc) is 2.94. The Hall–Kier alpha value is -3.15. The summed E-state index contributed by atoms with van der Waals surface area (Å²) in [6.07, 6.45) is 1.62. The van der Waals surface area contributed by atoms with Crippen molar-refractivity contribution in [3.63, 3.8) is 0 Å². The molecule has 0 radical (unpaired) electrons. The Kier molecular flexibility index (Phi) is 4.29. The molecule has 1 amide bonds. The van der Waals surface area contributed by atoms with Crippen LogP contribution in [0.15, 0.2) is 48.7 Å². The van der Waals surface area contributed by atoms with Crippen molar-refractivity contribution in [3.8, 4) is 11.6 Å². The van der Waals surface area contributed by atoms with Gasteiger partial charge in [-0.05, 0) is 56.3 Å².